The Balaban J connectivity index is 0.000000191. The van der Waals surface area contributed by atoms with Crippen LogP contribution in [0.1, 0.15) is 253 Å². The number of aryl methyl sites for hydroxylation is 4. The van der Waals surface area contributed by atoms with Crippen LogP contribution in [-0.2, 0) is 51.9 Å². The van der Waals surface area contributed by atoms with Gasteiger partial charge in [0.15, 0.2) is 0 Å². The molecule has 0 aliphatic heterocycles. The first kappa shape index (κ1) is 108. The molecule has 4 aliphatic rings. The van der Waals surface area contributed by atoms with Crippen molar-refractivity contribution >= 4 is 152 Å². The third kappa shape index (κ3) is 19.6. The van der Waals surface area contributed by atoms with E-state index < -0.39 is 0 Å². The highest BCUT2D eigenvalue weighted by Crippen LogP contribution is 2.52. The van der Waals surface area contributed by atoms with E-state index in [4.69, 9.17) is 0 Å². The van der Waals surface area contributed by atoms with Gasteiger partial charge >= 0.3 is 0 Å². The first-order valence-corrected chi connectivity index (χ1v) is 52.4. The molecule has 0 bridgehead atoms. The number of rotatable bonds is 4. The van der Waals surface area contributed by atoms with Crippen LogP contribution < -0.4 is 0 Å². The predicted molar refractivity (Wildman–Crippen MR) is 628 cm³/mol. The number of fused-ring (bicyclic) bond motifs is 36. The number of hydrogen-bond acceptors (Lipinski definition) is 0. The van der Waals surface area contributed by atoms with Crippen LogP contribution in [0.3, 0.4) is 0 Å². The maximum Gasteiger partial charge on any atom is 0.0497 e. The molecule has 26 rings (SSSR count). The van der Waals surface area contributed by atoms with Crippen LogP contribution >= 0.6 is 0 Å². The normalized spacial score (nSPS) is 10.9. The Morgan fingerprint density at radius 3 is 0.841 bits per heavy atom. The number of para-hydroxylation sites is 3. The van der Waals surface area contributed by atoms with Crippen molar-refractivity contribution in [2.75, 3.05) is 0 Å². The van der Waals surface area contributed by atoms with Gasteiger partial charge in [0.05, 0.1) is 0 Å². The van der Waals surface area contributed by atoms with Crippen LogP contribution in [0.4, 0.5) is 0 Å². The SMILES string of the molecule is C.C.CC.CC.CC.CC.CC.CC.CC.CC.CC.CC.CC.CC.CCn1c2cc3c(cc2c2c4ccccc4ccc21)-c1c(ccc2ccccc12)C3.CCn1c2ccccc2c2cc3c(cc21)Cc1c-3c2ccccc2c2ccccc12.CCn1c2ccccc2c2cc3c(cc21)Cc1cc2ccccc2cc1-3.CCn1c2ccccc2c2cc3c(cc21)Cc1ccc2ccccc2c1-3. The van der Waals surface area contributed by atoms with E-state index >= 15 is 0 Å². The Bertz CT molecular complexity index is 7810. The quantitative estimate of drug-likeness (QED) is 0.157. The molecule has 0 radical (unpaired) electrons. The van der Waals surface area contributed by atoms with Crippen molar-refractivity contribution in [1.29, 1.82) is 0 Å². The smallest absolute Gasteiger partial charge is 0.0497 e. The number of aromatic nitrogens is 4. The first-order valence-electron chi connectivity index (χ1n) is 52.4. The fourth-order valence-corrected chi connectivity index (χ4v) is 21.0. The van der Waals surface area contributed by atoms with Gasteiger partial charge in [-0.25, -0.2) is 0 Å². The Morgan fingerprint density at radius 2 is 0.428 bits per heavy atom. The van der Waals surface area contributed by atoms with E-state index in [9.17, 15) is 0 Å². The molecule has 4 nitrogen and oxygen atoms in total. The van der Waals surface area contributed by atoms with Crippen molar-refractivity contribution < 1.29 is 0 Å². The lowest BCUT2D eigenvalue weighted by molar-refractivity contribution is 0.826. The minimum absolute atomic E-state index is 0. The molecule has 4 heteroatoms. The van der Waals surface area contributed by atoms with Crippen molar-refractivity contribution in [1.82, 2.24) is 18.3 Å². The molecule has 18 aromatic carbocycles. The highest BCUT2D eigenvalue weighted by Gasteiger charge is 2.30. The lowest BCUT2D eigenvalue weighted by Crippen LogP contribution is -1.93. The molecule has 4 aromatic heterocycles. The summed E-state index contributed by atoms with van der Waals surface area (Å²) in [5, 5.41) is 27.2. The van der Waals surface area contributed by atoms with Crippen molar-refractivity contribution in [3.63, 3.8) is 0 Å². The first-order chi connectivity index (χ1) is 67.4. The van der Waals surface area contributed by atoms with Crippen molar-refractivity contribution in [3.8, 4) is 44.5 Å². The van der Waals surface area contributed by atoms with Gasteiger partial charge in [-0.3, -0.25) is 0 Å². The molecule has 0 fully saturated rings. The predicted octanol–water partition coefficient (Wildman–Crippen LogP) is 42.0. The minimum atomic E-state index is 0. The van der Waals surface area contributed by atoms with Crippen LogP contribution in [0.2, 0.25) is 0 Å². The minimum Gasteiger partial charge on any atom is -0.341 e. The molecule has 138 heavy (non-hydrogen) atoms. The molecule has 0 unspecified atom stereocenters. The molecule has 0 saturated heterocycles. The zero-order valence-electron chi connectivity index (χ0n) is 87.5. The molecule has 0 N–H and O–H groups in total. The summed E-state index contributed by atoms with van der Waals surface area (Å²) < 4.78 is 9.85. The third-order valence-electron chi connectivity index (χ3n) is 25.9. The van der Waals surface area contributed by atoms with Crippen LogP contribution in [0.25, 0.3) is 196 Å². The summed E-state index contributed by atoms with van der Waals surface area (Å²) in [4.78, 5) is 0. The molecular weight excluding hydrogens is 1670 g/mol. The van der Waals surface area contributed by atoms with Gasteiger partial charge in [-0.05, 0) is 286 Å². The summed E-state index contributed by atoms with van der Waals surface area (Å²) in [6.07, 6.45) is 4.11. The Labute approximate surface area is 829 Å². The zero-order chi connectivity index (χ0) is 98.1. The van der Waals surface area contributed by atoms with E-state index in [1.165, 1.54) is 241 Å². The second kappa shape index (κ2) is 51.2. The van der Waals surface area contributed by atoms with E-state index in [0.717, 1.165) is 51.9 Å². The van der Waals surface area contributed by atoms with Gasteiger partial charge in [-0.15, -0.1) is 0 Å². The lowest BCUT2D eigenvalue weighted by Gasteiger charge is -2.12. The van der Waals surface area contributed by atoms with E-state index in [1.807, 2.05) is 166 Å². The maximum absolute atomic E-state index is 2.48. The number of benzene rings is 18. The van der Waals surface area contributed by atoms with Crippen molar-refractivity contribution in [3.05, 3.63) is 360 Å². The van der Waals surface area contributed by atoms with Crippen LogP contribution in [0.15, 0.2) is 315 Å². The van der Waals surface area contributed by atoms with Gasteiger partial charge < -0.3 is 18.3 Å². The fourth-order valence-electron chi connectivity index (χ4n) is 21.0. The molecule has 0 spiro atoms. The average Bonchev–Trinajstić information content (AvgIpc) is 1.56. The van der Waals surface area contributed by atoms with E-state index in [-0.39, 0.29) is 14.9 Å². The van der Waals surface area contributed by atoms with Gasteiger partial charge in [0.1, 0.15) is 0 Å². The lowest BCUT2D eigenvalue weighted by atomic mass is 9.91. The molecule has 0 saturated carbocycles. The third-order valence-corrected chi connectivity index (χ3v) is 25.9. The largest absolute Gasteiger partial charge is 0.341 e. The highest BCUT2D eigenvalue weighted by molar-refractivity contribution is 6.23. The summed E-state index contributed by atoms with van der Waals surface area (Å²) in [6.45, 7) is 60.9. The monoisotopic (exact) mass is 1830 g/mol. The van der Waals surface area contributed by atoms with Gasteiger partial charge in [-0.1, -0.05) is 418 Å². The topological polar surface area (TPSA) is 19.7 Å². The van der Waals surface area contributed by atoms with Crippen molar-refractivity contribution in [2.24, 2.45) is 0 Å². The summed E-state index contributed by atoms with van der Waals surface area (Å²) in [5.41, 5.74) is 33.9. The Kier molecular flexibility index (Phi) is 40.2. The zero-order valence-corrected chi connectivity index (χ0v) is 87.5. The summed E-state index contributed by atoms with van der Waals surface area (Å²) in [5.74, 6) is 0. The molecule has 4 heterocycles. The standard InChI is InChI=1S/2C29H21N.2C25H19N.12C2H6.2CH4/c1-2-30-26-14-13-19-8-4-6-10-23(19)29(26)25-17-24-21(16-27(25)30)15-20-12-11-18-7-3-5-9-22(18)28(20)24;1-2-30-27-14-8-7-12-22(27)25-17-24-18(16-28(25)30)15-26-21-11-4-3-9-19(21)20-10-5-6-13-23(20)29(24)26;1-2-26-24-10-6-5-9-20(24)23-15-22-19(14-25(23)26)12-18-11-16-7-3-4-8-17(16)13-21(18)22;1-2-26-23-10-6-5-9-20(23)22-15-21-18(14-24(22)26)13-17-12-11-16-7-3-4-8-19(16)25(17)21;12*1-2;;/h2*3-14,16-17H,2,15H2,1H3;3-11,13-15H,2,12H2,1H3;3-12,14-15H,2,13H2,1H3;12*1-2H3;2*1H4. The molecule has 22 aromatic rings. The molecular formula is C134H160N4. The second-order valence-corrected chi connectivity index (χ2v) is 31.5. The van der Waals surface area contributed by atoms with E-state index in [2.05, 4.69) is 361 Å². The summed E-state index contributed by atoms with van der Waals surface area (Å²) in [6, 6.07) is 117. The second-order valence-electron chi connectivity index (χ2n) is 31.5. The maximum atomic E-state index is 2.48. The molecule has 0 atom stereocenters. The molecule has 716 valence electrons. The van der Waals surface area contributed by atoms with E-state index in [1.54, 1.807) is 0 Å². The molecule has 4 aliphatic carbocycles. The van der Waals surface area contributed by atoms with Crippen LogP contribution in [-0.4, -0.2) is 18.3 Å². The highest BCUT2D eigenvalue weighted by atomic mass is 15.0. The summed E-state index contributed by atoms with van der Waals surface area (Å²) in [7, 11) is 0. The molecule has 0 amide bonds. The van der Waals surface area contributed by atoms with E-state index in [0.29, 0.717) is 0 Å². The van der Waals surface area contributed by atoms with Gasteiger partial charge in [0.25, 0.3) is 0 Å². The van der Waals surface area contributed by atoms with Gasteiger partial charge in [-0.2, -0.15) is 0 Å². The Hall–Kier alpha value is -13.3. The van der Waals surface area contributed by atoms with Crippen LogP contribution in [0.5, 0.6) is 0 Å². The number of hydrogen-bond donors (Lipinski definition) is 0. The summed E-state index contributed by atoms with van der Waals surface area (Å²) >= 11 is 0. The Morgan fingerprint density at radius 1 is 0.167 bits per heavy atom. The van der Waals surface area contributed by atoms with Gasteiger partial charge in [0, 0.05) is 113 Å². The average molecular weight is 1830 g/mol. The fraction of sp³-hybridized carbons (Fsp3) is 0.284. The van der Waals surface area contributed by atoms with Crippen molar-refractivity contribution in [2.45, 2.75) is 261 Å². The van der Waals surface area contributed by atoms with Gasteiger partial charge in [0.2, 0.25) is 0 Å². The number of nitrogens with zero attached hydrogens (tertiary/aromatic N) is 4. The van der Waals surface area contributed by atoms with Crippen LogP contribution in [0, 0.1) is 0 Å².